The number of hydrogen-bond donors (Lipinski definition) is 2. The van der Waals surface area contributed by atoms with Crippen molar-refractivity contribution in [3.05, 3.63) is 64.3 Å². The zero-order chi connectivity index (χ0) is 15.5. The van der Waals surface area contributed by atoms with Crippen LogP contribution >= 0.6 is 0 Å². The third-order valence-corrected chi connectivity index (χ3v) is 3.18. The van der Waals surface area contributed by atoms with Gasteiger partial charge in [-0.25, -0.2) is 4.98 Å². The smallest absolute Gasteiger partial charge is 0.274 e. The summed E-state index contributed by atoms with van der Waals surface area (Å²) in [6, 6.07) is 8.53. The van der Waals surface area contributed by atoms with Gasteiger partial charge in [-0.2, -0.15) is 0 Å². The topological polar surface area (TPSA) is 88.1 Å². The first-order valence-electron chi connectivity index (χ1n) is 6.56. The number of aromatic nitrogens is 3. The largest absolute Gasteiger partial charge is 0.507 e. The number of methoxy groups -OCH3 is 1. The third kappa shape index (κ3) is 2.67. The predicted molar refractivity (Wildman–Crippen MR) is 83.7 cm³/mol. The molecule has 0 atom stereocenters. The Labute approximate surface area is 125 Å². The van der Waals surface area contributed by atoms with Crippen molar-refractivity contribution in [1.82, 2.24) is 15.0 Å². The summed E-state index contributed by atoms with van der Waals surface area (Å²) >= 11 is 0. The number of nitrogens with one attached hydrogen (secondary N) is 1. The van der Waals surface area contributed by atoms with Crippen LogP contribution in [0.15, 0.2) is 47.5 Å². The number of hydrogen-bond acceptors (Lipinski definition) is 5. The van der Waals surface area contributed by atoms with Crippen LogP contribution in [0.25, 0.3) is 22.9 Å². The Balaban J connectivity index is 2.02. The lowest BCUT2D eigenvalue weighted by Crippen LogP contribution is -2.12. The number of pyridine rings is 1. The first kappa shape index (κ1) is 13.8. The molecule has 0 amide bonds. The fraction of sp³-hybridized carbons (Fsp3) is 0.0625. The Morgan fingerprint density at radius 2 is 2.05 bits per heavy atom. The van der Waals surface area contributed by atoms with Gasteiger partial charge in [0.15, 0.2) is 0 Å². The van der Waals surface area contributed by atoms with Crippen molar-refractivity contribution in [2.24, 2.45) is 0 Å². The lowest BCUT2D eigenvalue weighted by molar-refractivity contribution is 0.414. The van der Waals surface area contributed by atoms with E-state index in [0.29, 0.717) is 22.3 Å². The highest BCUT2D eigenvalue weighted by Gasteiger charge is 2.06. The van der Waals surface area contributed by atoms with Crippen molar-refractivity contribution < 1.29 is 9.84 Å². The lowest BCUT2D eigenvalue weighted by Gasteiger charge is -2.03. The molecule has 2 N–H and O–H groups in total. The number of benzene rings is 1. The number of fused-ring (bicyclic) bond motifs is 1. The first-order chi connectivity index (χ1) is 10.7. The number of aliphatic hydroxyl groups is 1. The molecule has 0 bridgehead atoms. The summed E-state index contributed by atoms with van der Waals surface area (Å²) in [5.41, 5.74) is 1.46. The summed E-state index contributed by atoms with van der Waals surface area (Å²) in [6.07, 6.45) is 4.45. The van der Waals surface area contributed by atoms with Crippen LogP contribution in [0.1, 0.15) is 11.3 Å². The van der Waals surface area contributed by atoms with E-state index in [1.165, 1.54) is 12.3 Å². The van der Waals surface area contributed by atoms with Crippen LogP contribution in [0.4, 0.5) is 0 Å². The predicted octanol–water partition coefficient (Wildman–Crippen LogP) is 2.38. The highest BCUT2D eigenvalue weighted by molar-refractivity contribution is 5.78. The summed E-state index contributed by atoms with van der Waals surface area (Å²) < 4.78 is 5.06. The fourth-order valence-corrected chi connectivity index (χ4v) is 2.02. The molecule has 6 nitrogen and oxygen atoms in total. The second-order valence-corrected chi connectivity index (χ2v) is 4.60. The summed E-state index contributed by atoms with van der Waals surface area (Å²) in [4.78, 5) is 22.8. The van der Waals surface area contributed by atoms with E-state index >= 15 is 0 Å². The molecule has 22 heavy (non-hydrogen) atoms. The Hall–Kier alpha value is -3.15. The van der Waals surface area contributed by atoms with Crippen LogP contribution in [0.2, 0.25) is 0 Å². The van der Waals surface area contributed by atoms with Gasteiger partial charge >= 0.3 is 0 Å². The summed E-state index contributed by atoms with van der Waals surface area (Å²) in [5, 5.41) is 10.1. The average molecular weight is 295 g/mol. The molecular formula is C16H13N3O3. The van der Waals surface area contributed by atoms with Crippen molar-refractivity contribution in [3.8, 4) is 5.75 Å². The van der Waals surface area contributed by atoms with Crippen LogP contribution in [-0.4, -0.2) is 27.2 Å². The van der Waals surface area contributed by atoms with Crippen molar-refractivity contribution in [2.75, 3.05) is 7.11 Å². The van der Waals surface area contributed by atoms with Crippen LogP contribution < -0.4 is 10.3 Å². The number of aromatic amines is 1. The molecule has 110 valence electrons. The second kappa shape index (κ2) is 5.69. The number of aliphatic hydroxyl groups excluding tert-OH is 1. The minimum atomic E-state index is -0.388. The summed E-state index contributed by atoms with van der Waals surface area (Å²) in [6.45, 7) is 0. The molecular weight excluding hydrogens is 282 g/mol. The van der Waals surface area contributed by atoms with E-state index in [0.717, 1.165) is 0 Å². The van der Waals surface area contributed by atoms with E-state index in [1.807, 2.05) is 0 Å². The first-order valence-corrected chi connectivity index (χ1v) is 6.56. The van der Waals surface area contributed by atoms with Crippen molar-refractivity contribution in [3.63, 3.8) is 0 Å². The van der Waals surface area contributed by atoms with E-state index < -0.39 is 0 Å². The van der Waals surface area contributed by atoms with E-state index in [-0.39, 0.29) is 17.0 Å². The molecule has 2 heterocycles. The molecule has 0 spiro atoms. The van der Waals surface area contributed by atoms with Gasteiger partial charge in [0.25, 0.3) is 5.56 Å². The highest BCUT2D eigenvalue weighted by atomic mass is 16.5. The molecule has 0 unspecified atom stereocenters. The summed E-state index contributed by atoms with van der Waals surface area (Å²) in [7, 11) is 1.57. The maximum Gasteiger partial charge on any atom is 0.274 e. The molecule has 2 aromatic heterocycles. The van der Waals surface area contributed by atoms with Gasteiger partial charge in [0, 0.05) is 17.8 Å². The van der Waals surface area contributed by atoms with Gasteiger partial charge in [-0.05, 0) is 30.3 Å². The van der Waals surface area contributed by atoms with Crippen LogP contribution in [0, 0.1) is 0 Å². The molecule has 0 fully saturated rings. The van der Waals surface area contributed by atoms with E-state index in [1.54, 1.807) is 43.6 Å². The SMILES string of the molecule is COc1ccc(/C(O)=C/c2nc3ccncc3[nH]c2=O)cc1. The Morgan fingerprint density at radius 3 is 2.77 bits per heavy atom. The van der Waals surface area contributed by atoms with Gasteiger partial charge in [0.1, 0.15) is 17.2 Å². The monoisotopic (exact) mass is 295 g/mol. The van der Waals surface area contributed by atoms with E-state index in [4.69, 9.17) is 4.74 Å². The van der Waals surface area contributed by atoms with Crippen LogP contribution in [0.3, 0.4) is 0 Å². The molecule has 0 radical (unpaired) electrons. The third-order valence-electron chi connectivity index (χ3n) is 3.18. The summed E-state index contributed by atoms with van der Waals surface area (Å²) in [5.74, 6) is 0.639. The lowest BCUT2D eigenvalue weighted by atomic mass is 10.1. The van der Waals surface area contributed by atoms with Gasteiger partial charge in [0.2, 0.25) is 0 Å². The molecule has 0 saturated carbocycles. The Bertz CT molecular complexity index is 898. The zero-order valence-electron chi connectivity index (χ0n) is 11.8. The molecule has 0 aliphatic rings. The molecule has 3 aromatic rings. The fourth-order valence-electron chi connectivity index (χ4n) is 2.02. The molecule has 0 aliphatic carbocycles. The van der Waals surface area contributed by atoms with E-state index in [2.05, 4.69) is 15.0 Å². The second-order valence-electron chi connectivity index (χ2n) is 4.60. The van der Waals surface area contributed by atoms with Crippen molar-refractivity contribution in [2.45, 2.75) is 0 Å². The standard InChI is InChI=1S/C16H13N3O3/c1-22-11-4-2-10(3-5-11)15(20)8-13-16(21)19-14-9-17-7-6-12(14)18-13/h2-9,20H,1H3,(H,19,21)/b15-8-. The average Bonchev–Trinajstić information content (AvgIpc) is 2.55. The number of rotatable bonds is 3. The molecule has 3 rings (SSSR count). The maximum atomic E-state index is 12.0. The normalized spacial score (nSPS) is 11.6. The Kier molecular flexibility index (Phi) is 3.57. The van der Waals surface area contributed by atoms with Gasteiger partial charge in [-0.1, -0.05) is 0 Å². The van der Waals surface area contributed by atoms with Crippen molar-refractivity contribution in [1.29, 1.82) is 0 Å². The van der Waals surface area contributed by atoms with Gasteiger partial charge in [-0.3, -0.25) is 9.78 Å². The van der Waals surface area contributed by atoms with Gasteiger partial charge < -0.3 is 14.8 Å². The van der Waals surface area contributed by atoms with Crippen LogP contribution in [0.5, 0.6) is 5.75 Å². The molecule has 0 saturated heterocycles. The minimum Gasteiger partial charge on any atom is -0.507 e. The highest BCUT2D eigenvalue weighted by Crippen LogP contribution is 2.18. The van der Waals surface area contributed by atoms with Crippen molar-refractivity contribution >= 4 is 22.9 Å². The van der Waals surface area contributed by atoms with Gasteiger partial charge in [-0.15, -0.1) is 0 Å². The zero-order valence-corrected chi connectivity index (χ0v) is 11.8. The maximum absolute atomic E-state index is 12.0. The molecule has 6 heteroatoms. The Morgan fingerprint density at radius 1 is 1.27 bits per heavy atom. The number of ether oxygens (including phenoxy) is 1. The molecule has 0 aliphatic heterocycles. The number of H-pyrrole nitrogens is 1. The minimum absolute atomic E-state index is 0.0472. The molecule has 1 aromatic carbocycles. The van der Waals surface area contributed by atoms with Gasteiger partial charge in [0.05, 0.1) is 24.3 Å². The van der Waals surface area contributed by atoms with Crippen LogP contribution in [-0.2, 0) is 0 Å². The van der Waals surface area contributed by atoms with E-state index in [9.17, 15) is 9.90 Å². The number of nitrogens with zero attached hydrogens (tertiary/aromatic N) is 2. The quantitative estimate of drug-likeness (QED) is 0.724.